The summed E-state index contributed by atoms with van der Waals surface area (Å²) in [5.41, 5.74) is 7.13. The standard InChI is InChI=1S/C13H21N3O3S/c1-19-12-5-4-10(13(14)16-17)8-11(12)9-15-6-3-7-20(2)18/h4-5,8,15,17H,3,6-7,9H2,1-2H3,(H2,14,16). The van der Waals surface area contributed by atoms with E-state index in [2.05, 4.69) is 10.5 Å². The van der Waals surface area contributed by atoms with Crippen molar-refractivity contribution in [3.05, 3.63) is 29.3 Å². The molecule has 1 atom stereocenters. The van der Waals surface area contributed by atoms with Crippen LogP contribution in [0.5, 0.6) is 5.75 Å². The van der Waals surface area contributed by atoms with E-state index in [0.29, 0.717) is 17.9 Å². The van der Waals surface area contributed by atoms with E-state index >= 15 is 0 Å². The molecule has 0 amide bonds. The van der Waals surface area contributed by atoms with Gasteiger partial charge in [0.15, 0.2) is 5.84 Å². The van der Waals surface area contributed by atoms with Crippen LogP contribution in [0.3, 0.4) is 0 Å². The maximum Gasteiger partial charge on any atom is 0.170 e. The van der Waals surface area contributed by atoms with Crippen molar-refractivity contribution in [2.75, 3.05) is 25.7 Å². The zero-order valence-corrected chi connectivity index (χ0v) is 12.6. The van der Waals surface area contributed by atoms with Crippen LogP contribution in [0.4, 0.5) is 0 Å². The summed E-state index contributed by atoms with van der Waals surface area (Å²) in [6, 6.07) is 5.34. The number of nitrogens with zero attached hydrogens (tertiary/aromatic N) is 1. The van der Waals surface area contributed by atoms with Crippen LogP contribution < -0.4 is 15.8 Å². The number of amidine groups is 1. The van der Waals surface area contributed by atoms with Gasteiger partial charge in [-0.25, -0.2) is 0 Å². The fraction of sp³-hybridized carbons (Fsp3) is 0.462. The Morgan fingerprint density at radius 1 is 1.55 bits per heavy atom. The number of methoxy groups -OCH3 is 1. The third kappa shape index (κ3) is 5.18. The van der Waals surface area contributed by atoms with Crippen LogP contribution in [0.1, 0.15) is 17.5 Å². The highest BCUT2D eigenvalue weighted by molar-refractivity contribution is 7.84. The number of ether oxygens (including phenoxy) is 1. The van der Waals surface area contributed by atoms with Crippen LogP contribution >= 0.6 is 0 Å². The van der Waals surface area contributed by atoms with Gasteiger partial charge in [-0.05, 0) is 31.2 Å². The minimum absolute atomic E-state index is 0.0651. The molecule has 6 nitrogen and oxygen atoms in total. The Morgan fingerprint density at radius 3 is 2.90 bits per heavy atom. The molecule has 1 aromatic carbocycles. The molecule has 0 bridgehead atoms. The van der Waals surface area contributed by atoms with Crippen LogP contribution in [0.25, 0.3) is 0 Å². The Kier molecular flexibility index (Phi) is 7.03. The zero-order valence-electron chi connectivity index (χ0n) is 11.8. The van der Waals surface area contributed by atoms with E-state index in [-0.39, 0.29) is 5.84 Å². The minimum atomic E-state index is -0.755. The van der Waals surface area contributed by atoms with Gasteiger partial charge in [0.25, 0.3) is 0 Å². The molecular weight excluding hydrogens is 278 g/mol. The number of rotatable bonds is 8. The predicted octanol–water partition coefficient (Wildman–Crippen LogP) is 0.648. The maximum absolute atomic E-state index is 10.9. The van der Waals surface area contributed by atoms with Crippen LogP contribution in [0.15, 0.2) is 23.4 Å². The molecule has 0 spiro atoms. The number of hydrogen-bond acceptors (Lipinski definition) is 5. The smallest absolute Gasteiger partial charge is 0.170 e. The van der Waals surface area contributed by atoms with E-state index in [9.17, 15) is 4.21 Å². The molecule has 0 fully saturated rings. The van der Waals surface area contributed by atoms with Gasteiger partial charge in [-0.2, -0.15) is 0 Å². The first kappa shape index (κ1) is 16.5. The molecule has 0 aromatic heterocycles. The summed E-state index contributed by atoms with van der Waals surface area (Å²) in [4.78, 5) is 0. The van der Waals surface area contributed by atoms with Gasteiger partial charge < -0.3 is 21.0 Å². The predicted molar refractivity (Wildman–Crippen MR) is 80.8 cm³/mol. The van der Waals surface area contributed by atoms with Crippen molar-refractivity contribution in [3.63, 3.8) is 0 Å². The van der Waals surface area contributed by atoms with Crippen molar-refractivity contribution in [2.24, 2.45) is 10.9 Å². The van der Waals surface area contributed by atoms with E-state index in [1.165, 1.54) is 0 Å². The van der Waals surface area contributed by atoms with Gasteiger partial charge in [-0.15, -0.1) is 0 Å². The Bertz CT molecular complexity index is 492. The van der Waals surface area contributed by atoms with Crippen molar-refractivity contribution < 1.29 is 14.2 Å². The average molecular weight is 299 g/mol. The number of benzene rings is 1. The number of hydrogen-bond donors (Lipinski definition) is 3. The Hall–Kier alpha value is -1.60. The van der Waals surface area contributed by atoms with E-state index in [1.54, 1.807) is 25.5 Å². The van der Waals surface area contributed by atoms with Gasteiger partial charge in [-0.1, -0.05) is 5.16 Å². The SMILES string of the molecule is COc1ccc(/C(N)=N/O)cc1CNCCCS(C)=O. The molecule has 0 radical (unpaired) electrons. The fourth-order valence-electron chi connectivity index (χ4n) is 1.76. The van der Waals surface area contributed by atoms with E-state index in [0.717, 1.165) is 24.3 Å². The molecule has 0 aliphatic heterocycles. The topological polar surface area (TPSA) is 96.9 Å². The van der Waals surface area contributed by atoms with Gasteiger partial charge in [0.05, 0.1) is 7.11 Å². The van der Waals surface area contributed by atoms with Gasteiger partial charge in [-0.3, -0.25) is 4.21 Å². The number of nitrogens with two attached hydrogens (primary N) is 1. The van der Waals surface area contributed by atoms with E-state index in [4.69, 9.17) is 15.7 Å². The molecule has 4 N–H and O–H groups in total. The summed E-state index contributed by atoms with van der Waals surface area (Å²) in [5.74, 6) is 1.50. The third-order valence-corrected chi connectivity index (χ3v) is 3.65. The highest BCUT2D eigenvalue weighted by Crippen LogP contribution is 2.19. The second-order valence-corrected chi connectivity index (χ2v) is 5.87. The lowest BCUT2D eigenvalue weighted by Gasteiger charge is -2.11. The molecule has 0 aliphatic rings. The molecule has 112 valence electrons. The summed E-state index contributed by atoms with van der Waals surface area (Å²) in [7, 11) is 0.844. The molecule has 0 heterocycles. The summed E-state index contributed by atoms with van der Waals surface area (Å²) < 4.78 is 16.2. The molecule has 1 rings (SSSR count). The van der Waals surface area contributed by atoms with Crippen LogP contribution in [-0.4, -0.2) is 40.9 Å². The van der Waals surface area contributed by atoms with Crippen LogP contribution in [0.2, 0.25) is 0 Å². The lowest BCUT2D eigenvalue weighted by Crippen LogP contribution is -2.18. The molecule has 7 heteroatoms. The molecule has 0 aliphatic carbocycles. The van der Waals surface area contributed by atoms with E-state index < -0.39 is 10.8 Å². The highest BCUT2D eigenvalue weighted by Gasteiger charge is 2.07. The van der Waals surface area contributed by atoms with Gasteiger partial charge >= 0.3 is 0 Å². The third-order valence-electron chi connectivity index (χ3n) is 2.78. The molecule has 1 aromatic rings. The fourth-order valence-corrected chi connectivity index (χ4v) is 2.31. The number of oxime groups is 1. The first-order valence-electron chi connectivity index (χ1n) is 6.24. The largest absolute Gasteiger partial charge is 0.496 e. The molecule has 0 saturated heterocycles. The Labute approximate surface area is 121 Å². The lowest BCUT2D eigenvalue weighted by atomic mass is 10.1. The van der Waals surface area contributed by atoms with E-state index in [1.807, 2.05) is 6.07 Å². The molecule has 1 unspecified atom stereocenters. The second-order valence-electron chi connectivity index (χ2n) is 4.32. The summed E-state index contributed by atoms with van der Waals surface area (Å²) in [6.45, 7) is 1.38. The van der Waals surface area contributed by atoms with Crippen molar-refractivity contribution in [2.45, 2.75) is 13.0 Å². The van der Waals surface area contributed by atoms with Crippen molar-refractivity contribution in [1.29, 1.82) is 0 Å². The van der Waals surface area contributed by atoms with Gasteiger partial charge in [0.2, 0.25) is 0 Å². The van der Waals surface area contributed by atoms with Gasteiger partial charge in [0, 0.05) is 40.5 Å². The molecule has 0 saturated carbocycles. The second kappa shape index (κ2) is 8.55. The van der Waals surface area contributed by atoms with Crippen molar-refractivity contribution in [1.82, 2.24) is 5.32 Å². The van der Waals surface area contributed by atoms with Crippen molar-refractivity contribution >= 4 is 16.6 Å². The Morgan fingerprint density at radius 2 is 2.30 bits per heavy atom. The minimum Gasteiger partial charge on any atom is -0.496 e. The van der Waals surface area contributed by atoms with Crippen LogP contribution in [0, 0.1) is 0 Å². The lowest BCUT2D eigenvalue weighted by molar-refractivity contribution is 0.318. The first-order chi connectivity index (χ1) is 9.58. The van der Waals surface area contributed by atoms with Crippen LogP contribution in [-0.2, 0) is 17.3 Å². The monoisotopic (exact) mass is 299 g/mol. The van der Waals surface area contributed by atoms with Gasteiger partial charge in [0.1, 0.15) is 5.75 Å². The molecule has 20 heavy (non-hydrogen) atoms. The number of nitrogens with one attached hydrogen (secondary N) is 1. The summed E-state index contributed by atoms with van der Waals surface area (Å²) >= 11 is 0. The Balaban J connectivity index is 2.64. The summed E-state index contributed by atoms with van der Waals surface area (Å²) in [5, 5.41) is 14.9. The molecular formula is C13H21N3O3S. The highest BCUT2D eigenvalue weighted by atomic mass is 32.2. The van der Waals surface area contributed by atoms with Crippen molar-refractivity contribution in [3.8, 4) is 5.75 Å². The zero-order chi connectivity index (χ0) is 15.0. The normalized spacial score (nSPS) is 13.2. The maximum atomic E-state index is 10.9. The first-order valence-corrected chi connectivity index (χ1v) is 7.96. The average Bonchev–Trinajstić information content (AvgIpc) is 2.45. The summed E-state index contributed by atoms with van der Waals surface area (Å²) in [6.07, 6.45) is 2.55. The quantitative estimate of drug-likeness (QED) is 0.215.